The van der Waals surface area contributed by atoms with Gasteiger partial charge in [-0.15, -0.1) is 0 Å². The minimum Gasteiger partial charge on any atom is -0.437 e. The Labute approximate surface area is 118 Å². The Kier molecular flexibility index (Phi) is 3.62. The van der Waals surface area contributed by atoms with E-state index in [4.69, 9.17) is 15.7 Å². The number of aromatic nitrogens is 1. The predicted molar refractivity (Wildman–Crippen MR) is 78.6 cm³/mol. The summed E-state index contributed by atoms with van der Waals surface area (Å²) in [6.07, 6.45) is 1.52. The zero-order valence-electron chi connectivity index (χ0n) is 11.8. The molecule has 4 nitrogen and oxygen atoms in total. The maximum atomic E-state index is 8.98. The van der Waals surface area contributed by atoms with Crippen molar-refractivity contribution >= 4 is 5.69 Å². The smallest absolute Gasteiger partial charge is 0.244 e. The molecule has 0 aliphatic carbocycles. The highest BCUT2D eigenvalue weighted by molar-refractivity contribution is 5.61. The molecular weight excluding hydrogens is 250 g/mol. The number of pyridine rings is 1. The number of anilines is 1. The summed E-state index contributed by atoms with van der Waals surface area (Å²) < 4.78 is 5.82. The van der Waals surface area contributed by atoms with Crippen LogP contribution in [0.4, 0.5) is 5.69 Å². The summed E-state index contributed by atoms with van der Waals surface area (Å²) in [5.74, 6) is 0.968. The molecule has 1 aromatic carbocycles. The SMILES string of the molecule is CC(C)(C)c1ccccc1Oc1nccc(C#N)c1N. The highest BCUT2D eigenvalue weighted by atomic mass is 16.5. The topological polar surface area (TPSA) is 71.9 Å². The van der Waals surface area contributed by atoms with Gasteiger partial charge in [0.2, 0.25) is 5.88 Å². The third kappa shape index (κ3) is 2.72. The minimum absolute atomic E-state index is 0.0573. The Balaban J connectivity index is 2.44. The number of nitrogen functional groups attached to an aromatic ring is 1. The van der Waals surface area contributed by atoms with Crippen molar-refractivity contribution < 1.29 is 4.74 Å². The van der Waals surface area contributed by atoms with Crippen molar-refractivity contribution in [3.63, 3.8) is 0 Å². The highest BCUT2D eigenvalue weighted by Crippen LogP contribution is 2.35. The van der Waals surface area contributed by atoms with E-state index in [9.17, 15) is 0 Å². The first-order chi connectivity index (χ1) is 9.43. The van der Waals surface area contributed by atoms with Gasteiger partial charge in [0.1, 0.15) is 17.5 Å². The molecule has 0 aliphatic rings. The standard InChI is InChI=1S/C16H17N3O/c1-16(2,3)12-6-4-5-7-13(12)20-15-14(18)11(10-17)8-9-19-15/h4-9H,18H2,1-3H3. The molecule has 2 rings (SSSR count). The number of hydrogen-bond donors (Lipinski definition) is 1. The van der Waals surface area contributed by atoms with E-state index in [0.717, 1.165) is 5.56 Å². The normalized spacial score (nSPS) is 10.9. The molecule has 2 aromatic rings. The van der Waals surface area contributed by atoms with Gasteiger partial charge in [-0.25, -0.2) is 4.98 Å². The van der Waals surface area contributed by atoms with Crippen LogP contribution in [0.5, 0.6) is 11.6 Å². The Morgan fingerprint density at radius 1 is 1.20 bits per heavy atom. The molecule has 0 aliphatic heterocycles. The maximum absolute atomic E-state index is 8.98. The van der Waals surface area contributed by atoms with Crippen LogP contribution in [-0.4, -0.2) is 4.98 Å². The zero-order valence-corrected chi connectivity index (χ0v) is 11.8. The quantitative estimate of drug-likeness (QED) is 0.901. The van der Waals surface area contributed by atoms with Gasteiger partial charge in [0.05, 0.1) is 5.56 Å². The summed E-state index contributed by atoms with van der Waals surface area (Å²) in [5.41, 5.74) is 7.52. The van der Waals surface area contributed by atoms with Gasteiger partial charge in [0, 0.05) is 11.8 Å². The molecule has 1 heterocycles. The van der Waals surface area contributed by atoms with E-state index in [1.807, 2.05) is 30.3 Å². The lowest BCUT2D eigenvalue weighted by Crippen LogP contribution is -2.12. The molecule has 0 saturated heterocycles. The predicted octanol–water partition coefficient (Wildman–Crippen LogP) is 3.63. The lowest BCUT2D eigenvalue weighted by atomic mass is 9.86. The molecule has 0 atom stereocenters. The summed E-state index contributed by atoms with van der Waals surface area (Å²) in [4.78, 5) is 4.11. The minimum atomic E-state index is -0.0573. The van der Waals surface area contributed by atoms with Crippen molar-refractivity contribution in [3.05, 3.63) is 47.7 Å². The van der Waals surface area contributed by atoms with Crippen LogP contribution in [-0.2, 0) is 5.41 Å². The van der Waals surface area contributed by atoms with Crippen molar-refractivity contribution in [1.29, 1.82) is 5.26 Å². The number of hydrogen-bond acceptors (Lipinski definition) is 4. The van der Waals surface area contributed by atoms with E-state index in [1.165, 1.54) is 6.20 Å². The van der Waals surface area contributed by atoms with Gasteiger partial charge in [-0.1, -0.05) is 39.0 Å². The molecule has 0 amide bonds. The van der Waals surface area contributed by atoms with Gasteiger partial charge >= 0.3 is 0 Å². The lowest BCUT2D eigenvalue weighted by molar-refractivity contribution is 0.442. The molecule has 0 radical (unpaired) electrons. The Hall–Kier alpha value is -2.54. The number of benzene rings is 1. The second-order valence-corrected chi connectivity index (χ2v) is 5.54. The van der Waals surface area contributed by atoms with Crippen LogP contribution >= 0.6 is 0 Å². The van der Waals surface area contributed by atoms with E-state index in [-0.39, 0.29) is 17.0 Å². The fourth-order valence-corrected chi connectivity index (χ4v) is 1.91. The van der Waals surface area contributed by atoms with Crippen LogP contribution < -0.4 is 10.5 Å². The summed E-state index contributed by atoms with van der Waals surface area (Å²) in [5, 5.41) is 8.98. The first-order valence-corrected chi connectivity index (χ1v) is 6.35. The van der Waals surface area contributed by atoms with Gasteiger partial charge in [-0.3, -0.25) is 0 Å². The van der Waals surface area contributed by atoms with Crippen LogP contribution in [0.2, 0.25) is 0 Å². The maximum Gasteiger partial charge on any atom is 0.244 e. The van der Waals surface area contributed by atoms with Gasteiger partial charge in [-0.05, 0) is 17.5 Å². The van der Waals surface area contributed by atoms with Crippen LogP contribution in [0.25, 0.3) is 0 Å². The first-order valence-electron chi connectivity index (χ1n) is 6.35. The summed E-state index contributed by atoms with van der Waals surface area (Å²) in [7, 11) is 0. The van der Waals surface area contributed by atoms with Crippen molar-refractivity contribution in [2.45, 2.75) is 26.2 Å². The second kappa shape index (κ2) is 5.22. The molecule has 1 aromatic heterocycles. The number of rotatable bonds is 2. The van der Waals surface area contributed by atoms with Crippen LogP contribution in [0.3, 0.4) is 0 Å². The number of para-hydroxylation sites is 1. The van der Waals surface area contributed by atoms with Crippen LogP contribution in [0, 0.1) is 11.3 Å². The molecule has 102 valence electrons. The van der Waals surface area contributed by atoms with Gasteiger partial charge in [-0.2, -0.15) is 5.26 Å². The average Bonchev–Trinajstić information content (AvgIpc) is 2.40. The molecule has 0 saturated carbocycles. The van der Waals surface area contributed by atoms with Crippen molar-refractivity contribution in [2.24, 2.45) is 0 Å². The third-order valence-electron chi connectivity index (χ3n) is 2.98. The Morgan fingerprint density at radius 2 is 1.90 bits per heavy atom. The zero-order chi connectivity index (χ0) is 14.8. The molecule has 4 heteroatoms. The van der Waals surface area contributed by atoms with E-state index in [2.05, 4.69) is 25.8 Å². The number of ether oxygens (including phenoxy) is 1. The summed E-state index contributed by atoms with van der Waals surface area (Å²) >= 11 is 0. The molecule has 20 heavy (non-hydrogen) atoms. The first kappa shape index (κ1) is 13.9. The Morgan fingerprint density at radius 3 is 2.55 bits per heavy atom. The van der Waals surface area contributed by atoms with Crippen LogP contribution in [0.1, 0.15) is 31.9 Å². The lowest BCUT2D eigenvalue weighted by Gasteiger charge is -2.22. The molecule has 0 fully saturated rings. The van der Waals surface area contributed by atoms with Gasteiger partial charge in [0.25, 0.3) is 0 Å². The number of nitriles is 1. The van der Waals surface area contributed by atoms with Crippen molar-refractivity contribution in [2.75, 3.05) is 5.73 Å². The fourth-order valence-electron chi connectivity index (χ4n) is 1.91. The molecule has 0 spiro atoms. The molecule has 2 N–H and O–H groups in total. The van der Waals surface area contributed by atoms with Crippen LogP contribution in [0.15, 0.2) is 36.5 Å². The van der Waals surface area contributed by atoms with Gasteiger partial charge < -0.3 is 10.5 Å². The number of nitrogens with two attached hydrogens (primary N) is 1. The Bertz CT molecular complexity index is 666. The fraction of sp³-hybridized carbons (Fsp3) is 0.250. The van der Waals surface area contributed by atoms with E-state index in [1.54, 1.807) is 6.07 Å². The van der Waals surface area contributed by atoms with Crippen molar-refractivity contribution in [1.82, 2.24) is 4.98 Å². The van der Waals surface area contributed by atoms with Gasteiger partial charge in [0.15, 0.2) is 0 Å². The molecule has 0 bridgehead atoms. The molecule has 0 unspecified atom stereocenters. The van der Waals surface area contributed by atoms with E-state index >= 15 is 0 Å². The second-order valence-electron chi connectivity index (χ2n) is 5.54. The molecular formula is C16H17N3O. The largest absolute Gasteiger partial charge is 0.437 e. The van der Waals surface area contributed by atoms with Crippen molar-refractivity contribution in [3.8, 4) is 17.7 Å². The van der Waals surface area contributed by atoms with E-state index in [0.29, 0.717) is 11.3 Å². The average molecular weight is 267 g/mol. The monoisotopic (exact) mass is 267 g/mol. The highest BCUT2D eigenvalue weighted by Gasteiger charge is 2.19. The van der Waals surface area contributed by atoms with E-state index < -0.39 is 0 Å². The summed E-state index contributed by atoms with van der Waals surface area (Å²) in [6.45, 7) is 6.33. The third-order valence-corrected chi connectivity index (χ3v) is 2.98. The summed E-state index contributed by atoms with van der Waals surface area (Å²) in [6, 6.07) is 11.3. The number of nitrogens with zero attached hydrogens (tertiary/aromatic N) is 2.